The van der Waals surface area contributed by atoms with Crippen molar-refractivity contribution in [3.05, 3.63) is 52.9 Å². The summed E-state index contributed by atoms with van der Waals surface area (Å²) in [6.45, 7) is 0.380. The monoisotopic (exact) mass is 236 g/mol. The zero-order valence-electron chi connectivity index (χ0n) is 8.45. The van der Waals surface area contributed by atoms with E-state index < -0.39 is 0 Å². The van der Waals surface area contributed by atoms with Gasteiger partial charge in [0.25, 0.3) is 0 Å². The molecule has 0 bridgehead atoms. The van der Waals surface area contributed by atoms with Crippen LogP contribution in [-0.2, 0) is 6.54 Å². The number of pyridine rings is 1. The van der Waals surface area contributed by atoms with E-state index >= 15 is 0 Å². The highest BCUT2D eigenvalue weighted by Crippen LogP contribution is 2.21. The van der Waals surface area contributed by atoms with Gasteiger partial charge < -0.3 is 5.73 Å². The fourth-order valence-corrected chi connectivity index (χ4v) is 1.69. The third kappa shape index (κ3) is 2.38. The number of rotatable bonds is 2. The fourth-order valence-electron chi connectivity index (χ4n) is 1.46. The average Bonchev–Trinajstić information content (AvgIpc) is 2.28. The molecule has 2 aromatic rings. The fraction of sp³-hybridized carbons (Fsp3) is 0.0833. The molecule has 4 heteroatoms. The molecule has 0 atom stereocenters. The summed E-state index contributed by atoms with van der Waals surface area (Å²) in [5.41, 5.74) is 7.73. The molecule has 0 amide bonds. The molecule has 0 saturated heterocycles. The number of halogens is 2. The molecule has 2 N–H and O–H groups in total. The van der Waals surface area contributed by atoms with Gasteiger partial charge >= 0.3 is 0 Å². The molecule has 1 heterocycles. The van der Waals surface area contributed by atoms with Gasteiger partial charge in [-0.2, -0.15) is 0 Å². The number of nitrogens with zero attached hydrogens (tertiary/aromatic N) is 1. The van der Waals surface area contributed by atoms with Crippen LogP contribution in [0.3, 0.4) is 0 Å². The summed E-state index contributed by atoms with van der Waals surface area (Å²) < 4.78 is 13.1. The topological polar surface area (TPSA) is 38.9 Å². The van der Waals surface area contributed by atoms with Crippen molar-refractivity contribution in [3.63, 3.8) is 0 Å². The van der Waals surface area contributed by atoms with E-state index in [2.05, 4.69) is 4.98 Å². The largest absolute Gasteiger partial charge is 0.326 e. The van der Waals surface area contributed by atoms with E-state index in [0.717, 1.165) is 5.56 Å². The Morgan fingerprint density at radius 3 is 2.75 bits per heavy atom. The lowest BCUT2D eigenvalue weighted by molar-refractivity contribution is 0.628. The van der Waals surface area contributed by atoms with E-state index in [0.29, 0.717) is 23.0 Å². The Bertz CT molecular complexity index is 514. The Hall–Kier alpha value is -1.45. The molecule has 0 aliphatic carbocycles. The number of aromatic nitrogens is 1. The van der Waals surface area contributed by atoms with Crippen LogP contribution >= 0.6 is 11.6 Å². The minimum atomic E-state index is -0.298. The molecule has 2 rings (SSSR count). The van der Waals surface area contributed by atoms with Gasteiger partial charge in [0.05, 0.1) is 5.69 Å². The van der Waals surface area contributed by atoms with Crippen LogP contribution in [0.1, 0.15) is 5.56 Å². The van der Waals surface area contributed by atoms with E-state index in [1.807, 2.05) is 0 Å². The molecule has 82 valence electrons. The van der Waals surface area contributed by atoms with Gasteiger partial charge in [0.1, 0.15) is 11.0 Å². The van der Waals surface area contributed by atoms with Crippen LogP contribution in [0.15, 0.2) is 36.4 Å². The molecule has 0 aliphatic heterocycles. The van der Waals surface area contributed by atoms with Crippen molar-refractivity contribution in [1.82, 2.24) is 4.98 Å². The molecule has 0 aliphatic rings. The zero-order valence-corrected chi connectivity index (χ0v) is 9.21. The van der Waals surface area contributed by atoms with Gasteiger partial charge in [0, 0.05) is 12.1 Å². The van der Waals surface area contributed by atoms with Crippen LogP contribution in [0.25, 0.3) is 11.3 Å². The van der Waals surface area contributed by atoms with Gasteiger partial charge in [0.2, 0.25) is 0 Å². The quantitative estimate of drug-likeness (QED) is 0.815. The summed E-state index contributed by atoms with van der Waals surface area (Å²) >= 11 is 5.86. The molecule has 1 aromatic carbocycles. The van der Waals surface area contributed by atoms with Crippen LogP contribution in [0.5, 0.6) is 0 Å². The van der Waals surface area contributed by atoms with Gasteiger partial charge in [-0.05, 0) is 29.8 Å². The van der Waals surface area contributed by atoms with Crippen LogP contribution in [0, 0.1) is 5.82 Å². The Morgan fingerprint density at radius 1 is 1.25 bits per heavy atom. The highest BCUT2D eigenvalue weighted by Gasteiger charge is 2.04. The van der Waals surface area contributed by atoms with Crippen LogP contribution in [-0.4, -0.2) is 4.98 Å². The Morgan fingerprint density at radius 2 is 2.06 bits per heavy atom. The second-order valence-corrected chi connectivity index (χ2v) is 3.79. The first kappa shape index (κ1) is 11.0. The van der Waals surface area contributed by atoms with Crippen molar-refractivity contribution in [3.8, 4) is 11.3 Å². The molecule has 16 heavy (non-hydrogen) atoms. The Kier molecular flexibility index (Phi) is 3.17. The lowest BCUT2D eigenvalue weighted by Crippen LogP contribution is -1.98. The molecular formula is C12H10ClFN2. The molecular weight excluding hydrogens is 227 g/mol. The Balaban J connectivity index is 2.51. The standard InChI is InChI=1S/C12H10ClFN2/c13-12-5-8(7-15)4-11(16-12)9-2-1-3-10(14)6-9/h1-6H,7,15H2. The summed E-state index contributed by atoms with van der Waals surface area (Å²) in [4.78, 5) is 4.14. The summed E-state index contributed by atoms with van der Waals surface area (Å²) in [5, 5.41) is 0.363. The van der Waals surface area contributed by atoms with E-state index in [1.54, 1.807) is 24.3 Å². The predicted molar refractivity (Wildman–Crippen MR) is 62.5 cm³/mol. The molecule has 0 unspecified atom stereocenters. The van der Waals surface area contributed by atoms with Gasteiger partial charge in [0.15, 0.2) is 0 Å². The van der Waals surface area contributed by atoms with Crippen molar-refractivity contribution in [2.75, 3.05) is 0 Å². The maximum absolute atomic E-state index is 13.1. The Labute approximate surface area is 97.9 Å². The second-order valence-electron chi connectivity index (χ2n) is 3.40. The lowest BCUT2D eigenvalue weighted by Gasteiger charge is -2.04. The average molecular weight is 237 g/mol. The van der Waals surface area contributed by atoms with E-state index in [1.165, 1.54) is 12.1 Å². The summed E-state index contributed by atoms with van der Waals surface area (Å²) in [6.07, 6.45) is 0. The first-order chi connectivity index (χ1) is 7.69. The molecule has 2 nitrogen and oxygen atoms in total. The molecule has 0 saturated carbocycles. The summed E-state index contributed by atoms with van der Waals surface area (Å²) in [5.74, 6) is -0.298. The minimum Gasteiger partial charge on any atom is -0.326 e. The van der Waals surface area contributed by atoms with Gasteiger partial charge in [-0.15, -0.1) is 0 Å². The molecule has 0 fully saturated rings. The van der Waals surface area contributed by atoms with Crippen molar-refractivity contribution in [2.24, 2.45) is 5.73 Å². The summed E-state index contributed by atoms with van der Waals surface area (Å²) in [6, 6.07) is 9.72. The highest BCUT2D eigenvalue weighted by atomic mass is 35.5. The van der Waals surface area contributed by atoms with Gasteiger partial charge in [-0.25, -0.2) is 9.37 Å². The number of hydrogen-bond acceptors (Lipinski definition) is 2. The number of hydrogen-bond donors (Lipinski definition) is 1. The van der Waals surface area contributed by atoms with Crippen molar-refractivity contribution in [2.45, 2.75) is 6.54 Å². The lowest BCUT2D eigenvalue weighted by atomic mass is 10.1. The maximum Gasteiger partial charge on any atom is 0.130 e. The van der Waals surface area contributed by atoms with Crippen LogP contribution in [0.4, 0.5) is 4.39 Å². The van der Waals surface area contributed by atoms with E-state index in [9.17, 15) is 4.39 Å². The van der Waals surface area contributed by atoms with E-state index in [4.69, 9.17) is 17.3 Å². The number of nitrogens with two attached hydrogens (primary N) is 1. The minimum absolute atomic E-state index is 0.298. The molecule has 0 spiro atoms. The third-order valence-electron chi connectivity index (χ3n) is 2.21. The number of benzene rings is 1. The van der Waals surface area contributed by atoms with Crippen molar-refractivity contribution < 1.29 is 4.39 Å². The second kappa shape index (κ2) is 4.60. The maximum atomic E-state index is 13.1. The first-order valence-electron chi connectivity index (χ1n) is 4.81. The first-order valence-corrected chi connectivity index (χ1v) is 5.19. The van der Waals surface area contributed by atoms with E-state index in [-0.39, 0.29) is 5.82 Å². The highest BCUT2D eigenvalue weighted by molar-refractivity contribution is 6.29. The van der Waals surface area contributed by atoms with Crippen molar-refractivity contribution >= 4 is 11.6 Å². The molecule has 1 aromatic heterocycles. The zero-order chi connectivity index (χ0) is 11.5. The third-order valence-corrected chi connectivity index (χ3v) is 2.40. The molecule has 0 radical (unpaired) electrons. The van der Waals surface area contributed by atoms with Gasteiger partial charge in [-0.3, -0.25) is 0 Å². The SMILES string of the molecule is NCc1cc(Cl)nc(-c2cccc(F)c2)c1. The van der Waals surface area contributed by atoms with Crippen LogP contribution < -0.4 is 5.73 Å². The summed E-state index contributed by atoms with van der Waals surface area (Å²) in [7, 11) is 0. The van der Waals surface area contributed by atoms with Crippen LogP contribution in [0.2, 0.25) is 5.15 Å². The van der Waals surface area contributed by atoms with Gasteiger partial charge in [-0.1, -0.05) is 23.7 Å². The smallest absolute Gasteiger partial charge is 0.130 e. The normalized spacial score (nSPS) is 10.4. The predicted octanol–water partition coefficient (Wildman–Crippen LogP) is 3.00. The van der Waals surface area contributed by atoms with Crippen molar-refractivity contribution in [1.29, 1.82) is 0 Å².